The number of para-hydroxylation sites is 1. The molecule has 2 rings (SSSR count). The molecule has 0 atom stereocenters. The van der Waals surface area contributed by atoms with Gasteiger partial charge in [-0.3, -0.25) is 4.79 Å². The Kier molecular flexibility index (Phi) is 6.02. The minimum Gasteiger partial charge on any atom is -0.492 e. The Balaban J connectivity index is 2.22. The van der Waals surface area contributed by atoms with Gasteiger partial charge in [0.15, 0.2) is 17.3 Å². The molecule has 3 heteroatoms. The van der Waals surface area contributed by atoms with Crippen molar-refractivity contribution in [3.8, 4) is 11.5 Å². The molecule has 0 saturated carbocycles. The normalized spacial score (nSPS) is 11.6. The molecule has 2 aromatic carbocycles. The fourth-order valence-corrected chi connectivity index (χ4v) is 2.55. The standard InChI is InChI=1S/C22H26O3/c1-6-25-20-9-7-8-17(21(20)24-5)12-15-19(23)16-10-13-18(14-11-16)22(2,3)4/h7-15H,6H2,1-5H3/b15-12+. The zero-order valence-corrected chi connectivity index (χ0v) is 15.6. The summed E-state index contributed by atoms with van der Waals surface area (Å²) in [4.78, 5) is 12.4. The number of hydrogen-bond acceptors (Lipinski definition) is 3. The van der Waals surface area contributed by atoms with E-state index in [0.29, 0.717) is 23.7 Å². The molecule has 0 aliphatic carbocycles. The number of carbonyl (C=O) groups is 1. The number of ketones is 1. The van der Waals surface area contributed by atoms with Gasteiger partial charge in [-0.2, -0.15) is 0 Å². The molecule has 3 nitrogen and oxygen atoms in total. The van der Waals surface area contributed by atoms with Crippen molar-refractivity contribution in [2.45, 2.75) is 33.1 Å². The van der Waals surface area contributed by atoms with E-state index in [1.54, 1.807) is 19.3 Å². The van der Waals surface area contributed by atoms with Crippen LogP contribution in [0.1, 0.15) is 49.2 Å². The van der Waals surface area contributed by atoms with Crippen molar-refractivity contribution in [3.05, 3.63) is 65.2 Å². The highest BCUT2D eigenvalue weighted by Crippen LogP contribution is 2.32. The van der Waals surface area contributed by atoms with Crippen LogP contribution in [0.15, 0.2) is 48.5 Å². The molecule has 0 bridgehead atoms. The van der Waals surface area contributed by atoms with Gasteiger partial charge < -0.3 is 9.47 Å². The molecular formula is C22H26O3. The third-order valence-electron chi connectivity index (χ3n) is 3.96. The molecule has 0 aliphatic heterocycles. The molecule has 0 amide bonds. The summed E-state index contributed by atoms with van der Waals surface area (Å²) in [6, 6.07) is 13.4. The molecule has 0 aromatic heterocycles. The predicted octanol–water partition coefficient (Wildman–Crippen LogP) is 5.29. The Labute approximate surface area is 150 Å². The van der Waals surface area contributed by atoms with Crippen LogP contribution in [0.25, 0.3) is 6.08 Å². The van der Waals surface area contributed by atoms with Crippen LogP contribution in [0.5, 0.6) is 11.5 Å². The predicted molar refractivity (Wildman–Crippen MR) is 103 cm³/mol. The fourth-order valence-electron chi connectivity index (χ4n) is 2.55. The first-order valence-electron chi connectivity index (χ1n) is 8.49. The van der Waals surface area contributed by atoms with Gasteiger partial charge in [0.2, 0.25) is 0 Å². The van der Waals surface area contributed by atoms with E-state index in [-0.39, 0.29) is 11.2 Å². The van der Waals surface area contributed by atoms with Crippen molar-refractivity contribution in [3.63, 3.8) is 0 Å². The topological polar surface area (TPSA) is 35.5 Å². The highest BCUT2D eigenvalue weighted by molar-refractivity contribution is 6.07. The lowest BCUT2D eigenvalue weighted by Gasteiger charge is -2.18. The van der Waals surface area contributed by atoms with E-state index in [1.165, 1.54) is 5.56 Å². The number of ether oxygens (including phenoxy) is 2. The van der Waals surface area contributed by atoms with Crippen LogP contribution in [0.3, 0.4) is 0 Å². The van der Waals surface area contributed by atoms with Crippen LogP contribution in [-0.4, -0.2) is 19.5 Å². The van der Waals surface area contributed by atoms with Crippen molar-refractivity contribution < 1.29 is 14.3 Å². The second kappa shape index (κ2) is 8.02. The van der Waals surface area contributed by atoms with Gasteiger partial charge in [-0.15, -0.1) is 0 Å². The number of hydrogen-bond donors (Lipinski definition) is 0. The minimum atomic E-state index is -0.0377. The first-order chi connectivity index (χ1) is 11.9. The zero-order valence-electron chi connectivity index (χ0n) is 15.6. The molecule has 0 radical (unpaired) electrons. The van der Waals surface area contributed by atoms with Crippen LogP contribution in [-0.2, 0) is 5.41 Å². The van der Waals surface area contributed by atoms with Gasteiger partial charge in [-0.1, -0.05) is 57.2 Å². The lowest BCUT2D eigenvalue weighted by molar-refractivity contribution is 0.104. The van der Waals surface area contributed by atoms with Crippen LogP contribution >= 0.6 is 0 Å². The first-order valence-corrected chi connectivity index (χ1v) is 8.49. The lowest BCUT2D eigenvalue weighted by atomic mass is 9.86. The second-order valence-electron chi connectivity index (χ2n) is 6.84. The van der Waals surface area contributed by atoms with E-state index in [9.17, 15) is 4.79 Å². The average molecular weight is 338 g/mol. The fraction of sp³-hybridized carbons (Fsp3) is 0.318. The van der Waals surface area contributed by atoms with E-state index in [4.69, 9.17) is 9.47 Å². The van der Waals surface area contributed by atoms with E-state index in [0.717, 1.165) is 5.56 Å². The summed E-state index contributed by atoms with van der Waals surface area (Å²) in [5, 5.41) is 0. The summed E-state index contributed by atoms with van der Waals surface area (Å²) in [5.41, 5.74) is 2.77. The minimum absolute atomic E-state index is 0.0377. The maximum atomic E-state index is 12.4. The maximum absolute atomic E-state index is 12.4. The summed E-state index contributed by atoms with van der Waals surface area (Å²) >= 11 is 0. The first kappa shape index (κ1) is 18.8. The van der Waals surface area contributed by atoms with Gasteiger partial charge in [0, 0.05) is 11.1 Å². The lowest BCUT2D eigenvalue weighted by Crippen LogP contribution is -2.11. The Morgan fingerprint density at radius 1 is 1.08 bits per heavy atom. The van der Waals surface area contributed by atoms with E-state index in [1.807, 2.05) is 49.4 Å². The van der Waals surface area contributed by atoms with Gasteiger partial charge >= 0.3 is 0 Å². The molecular weight excluding hydrogens is 312 g/mol. The number of allylic oxidation sites excluding steroid dienone is 1. The van der Waals surface area contributed by atoms with Gasteiger partial charge in [0.05, 0.1) is 13.7 Å². The van der Waals surface area contributed by atoms with Crippen molar-refractivity contribution in [1.29, 1.82) is 0 Å². The number of benzene rings is 2. The van der Waals surface area contributed by atoms with E-state index >= 15 is 0 Å². The Morgan fingerprint density at radius 2 is 1.76 bits per heavy atom. The largest absolute Gasteiger partial charge is 0.492 e. The van der Waals surface area contributed by atoms with Crippen molar-refractivity contribution in [2.75, 3.05) is 13.7 Å². The SMILES string of the molecule is CCOc1cccc(/C=C/C(=O)c2ccc(C(C)(C)C)cc2)c1OC. The molecule has 25 heavy (non-hydrogen) atoms. The number of rotatable bonds is 6. The van der Waals surface area contributed by atoms with Gasteiger partial charge in [0.25, 0.3) is 0 Å². The summed E-state index contributed by atoms with van der Waals surface area (Å²) in [6.07, 6.45) is 3.33. The molecule has 0 N–H and O–H groups in total. The summed E-state index contributed by atoms with van der Waals surface area (Å²) in [5.74, 6) is 1.27. The van der Waals surface area contributed by atoms with Crippen LogP contribution in [0.2, 0.25) is 0 Å². The maximum Gasteiger partial charge on any atom is 0.185 e. The van der Waals surface area contributed by atoms with Gasteiger partial charge in [-0.25, -0.2) is 0 Å². The smallest absolute Gasteiger partial charge is 0.185 e. The Hall–Kier alpha value is -2.55. The van der Waals surface area contributed by atoms with E-state index < -0.39 is 0 Å². The third kappa shape index (κ3) is 4.72. The summed E-state index contributed by atoms with van der Waals surface area (Å²) in [6.45, 7) is 8.94. The molecule has 0 spiro atoms. The monoisotopic (exact) mass is 338 g/mol. The van der Waals surface area contributed by atoms with Crippen molar-refractivity contribution in [1.82, 2.24) is 0 Å². The van der Waals surface area contributed by atoms with Crippen molar-refractivity contribution in [2.24, 2.45) is 0 Å². The Bertz CT molecular complexity index is 750. The molecule has 0 unspecified atom stereocenters. The molecule has 2 aromatic rings. The highest BCUT2D eigenvalue weighted by Gasteiger charge is 2.14. The highest BCUT2D eigenvalue weighted by atomic mass is 16.5. The molecule has 0 heterocycles. The summed E-state index contributed by atoms with van der Waals surface area (Å²) < 4.78 is 11.0. The third-order valence-corrected chi connectivity index (χ3v) is 3.96. The van der Waals surface area contributed by atoms with Crippen LogP contribution in [0, 0.1) is 0 Å². The molecule has 0 saturated heterocycles. The quantitative estimate of drug-likeness (QED) is 0.530. The Morgan fingerprint density at radius 3 is 2.32 bits per heavy atom. The zero-order chi connectivity index (χ0) is 18.4. The van der Waals surface area contributed by atoms with E-state index in [2.05, 4.69) is 20.8 Å². The molecule has 0 fully saturated rings. The van der Waals surface area contributed by atoms with Gasteiger partial charge in [-0.05, 0) is 36.1 Å². The molecule has 0 aliphatic rings. The second-order valence-corrected chi connectivity index (χ2v) is 6.84. The van der Waals surface area contributed by atoms with Gasteiger partial charge in [0.1, 0.15) is 0 Å². The number of methoxy groups -OCH3 is 1. The number of carbonyl (C=O) groups excluding carboxylic acids is 1. The van der Waals surface area contributed by atoms with Crippen molar-refractivity contribution >= 4 is 11.9 Å². The van der Waals surface area contributed by atoms with Crippen LogP contribution in [0.4, 0.5) is 0 Å². The van der Waals surface area contributed by atoms with Crippen LogP contribution < -0.4 is 9.47 Å². The summed E-state index contributed by atoms with van der Waals surface area (Å²) in [7, 11) is 1.60. The average Bonchev–Trinajstić information content (AvgIpc) is 2.59. The molecule has 132 valence electrons.